The molecule has 2 atom stereocenters. The van der Waals surface area contributed by atoms with Gasteiger partial charge in [0.1, 0.15) is 0 Å². The van der Waals surface area contributed by atoms with Gasteiger partial charge in [0.2, 0.25) is 5.91 Å². The highest BCUT2D eigenvalue weighted by Gasteiger charge is 2.27. The summed E-state index contributed by atoms with van der Waals surface area (Å²) >= 11 is 0. The molecule has 104 valence electrons. The molecule has 2 aromatic rings. The molecular formula is C17H20N2O. The molecule has 20 heavy (non-hydrogen) atoms. The van der Waals surface area contributed by atoms with Gasteiger partial charge in [0.05, 0.1) is 0 Å². The van der Waals surface area contributed by atoms with Crippen LogP contribution >= 0.6 is 0 Å². The number of nitrogens with zero attached hydrogens (tertiary/aromatic N) is 1. The SMILES string of the molecule is CC1CC(=O)N(CC(N)c2ccc3ccccc3c2)C1. The lowest BCUT2D eigenvalue weighted by atomic mass is 10.0. The van der Waals surface area contributed by atoms with Crippen molar-refractivity contribution in [3.05, 3.63) is 48.0 Å². The van der Waals surface area contributed by atoms with Gasteiger partial charge in [0, 0.05) is 25.6 Å². The number of carbonyl (C=O) groups excluding carboxylic acids is 1. The molecule has 1 heterocycles. The molecule has 1 fully saturated rings. The average molecular weight is 268 g/mol. The fraction of sp³-hybridized carbons (Fsp3) is 0.353. The highest BCUT2D eigenvalue weighted by molar-refractivity contribution is 5.83. The van der Waals surface area contributed by atoms with Crippen molar-refractivity contribution in [1.29, 1.82) is 0 Å². The Kier molecular flexibility index (Phi) is 3.45. The van der Waals surface area contributed by atoms with Crippen LogP contribution in [-0.4, -0.2) is 23.9 Å². The molecule has 2 N–H and O–H groups in total. The summed E-state index contributed by atoms with van der Waals surface area (Å²) < 4.78 is 0. The standard InChI is InChI=1S/C17H20N2O/c1-12-8-17(20)19(10-12)11-16(18)15-7-6-13-4-2-3-5-14(13)9-15/h2-7,9,12,16H,8,10-11,18H2,1H3. The maximum Gasteiger partial charge on any atom is 0.222 e. The third-order valence-corrected chi connectivity index (χ3v) is 4.03. The highest BCUT2D eigenvalue weighted by Crippen LogP contribution is 2.23. The molecule has 0 radical (unpaired) electrons. The summed E-state index contributed by atoms with van der Waals surface area (Å²) in [6.45, 7) is 3.56. The van der Waals surface area contributed by atoms with E-state index in [4.69, 9.17) is 5.73 Å². The van der Waals surface area contributed by atoms with Gasteiger partial charge in [0.15, 0.2) is 0 Å². The number of nitrogens with two attached hydrogens (primary N) is 1. The fourth-order valence-corrected chi connectivity index (χ4v) is 2.93. The topological polar surface area (TPSA) is 46.3 Å². The quantitative estimate of drug-likeness (QED) is 0.930. The van der Waals surface area contributed by atoms with Crippen LogP contribution in [0.15, 0.2) is 42.5 Å². The second-order valence-electron chi connectivity index (χ2n) is 5.82. The molecule has 1 aliphatic heterocycles. The minimum Gasteiger partial charge on any atom is -0.341 e. The number of amides is 1. The zero-order valence-corrected chi connectivity index (χ0v) is 11.8. The number of hydrogen-bond acceptors (Lipinski definition) is 2. The largest absolute Gasteiger partial charge is 0.341 e. The molecule has 0 saturated carbocycles. The Labute approximate surface area is 119 Å². The Bertz CT molecular complexity index is 638. The van der Waals surface area contributed by atoms with Crippen LogP contribution in [0.3, 0.4) is 0 Å². The first-order valence-corrected chi connectivity index (χ1v) is 7.15. The maximum atomic E-state index is 11.8. The highest BCUT2D eigenvalue weighted by atomic mass is 16.2. The van der Waals surface area contributed by atoms with Crippen molar-refractivity contribution in [2.24, 2.45) is 11.7 Å². The van der Waals surface area contributed by atoms with Gasteiger partial charge < -0.3 is 10.6 Å². The Morgan fingerprint density at radius 3 is 2.70 bits per heavy atom. The normalized spacial score (nSPS) is 20.6. The molecular weight excluding hydrogens is 248 g/mol. The summed E-state index contributed by atoms with van der Waals surface area (Å²) in [6, 6.07) is 14.4. The second-order valence-corrected chi connectivity index (χ2v) is 5.82. The molecule has 3 rings (SSSR count). The van der Waals surface area contributed by atoms with E-state index in [0.717, 1.165) is 12.1 Å². The molecule has 2 unspecified atom stereocenters. The minimum atomic E-state index is -0.117. The minimum absolute atomic E-state index is 0.117. The first kappa shape index (κ1) is 13.1. The monoisotopic (exact) mass is 268 g/mol. The lowest BCUT2D eigenvalue weighted by Crippen LogP contribution is -2.33. The molecule has 1 saturated heterocycles. The van der Waals surface area contributed by atoms with Crippen molar-refractivity contribution in [1.82, 2.24) is 4.90 Å². The number of rotatable bonds is 3. The van der Waals surface area contributed by atoms with Crippen LogP contribution in [0, 0.1) is 5.92 Å². The molecule has 0 aromatic heterocycles. The number of likely N-dealkylation sites (tertiary alicyclic amines) is 1. The van der Waals surface area contributed by atoms with Crippen LogP contribution in [0.25, 0.3) is 10.8 Å². The van der Waals surface area contributed by atoms with Crippen molar-refractivity contribution >= 4 is 16.7 Å². The van der Waals surface area contributed by atoms with Crippen LogP contribution in [0.4, 0.5) is 0 Å². The predicted molar refractivity (Wildman–Crippen MR) is 81.2 cm³/mol. The molecule has 1 aliphatic rings. The third kappa shape index (κ3) is 2.54. The van der Waals surface area contributed by atoms with E-state index in [1.807, 2.05) is 17.0 Å². The number of hydrogen-bond donors (Lipinski definition) is 1. The van der Waals surface area contributed by atoms with E-state index >= 15 is 0 Å². The number of fused-ring (bicyclic) bond motifs is 1. The fourth-order valence-electron chi connectivity index (χ4n) is 2.93. The van der Waals surface area contributed by atoms with Gasteiger partial charge in [-0.2, -0.15) is 0 Å². The molecule has 2 aromatic carbocycles. The Balaban J connectivity index is 1.78. The van der Waals surface area contributed by atoms with Crippen molar-refractivity contribution in [3.63, 3.8) is 0 Å². The van der Waals surface area contributed by atoms with E-state index < -0.39 is 0 Å². The lowest BCUT2D eigenvalue weighted by molar-refractivity contribution is -0.127. The van der Waals surface area contributed by atoms with Gasteiger partial charge in [-0.15, -0.1) is 0 Å². The molecule has 0 bridgehead atoms. The van der Waals surface area contributed by atoms with Crippen LogP contribution in [-0.2, 0) is 4.79 Å². The van der Waals surface area contributed by atoms with E-state index in [9.17, 15) is 4.79 Å². The van der Waals surface area contributed by atoms with Gasteiger partial charge in [-0.05, 0) is 28.3 Å². The molecule has 3 nitrogen and oxygen atoms in total. The van der Waals surface area contributed by atoms with E-state index in [1.54, 1.807) is 0 Å². The summed E-state index contributed by atoms with van der Waals surface area (Å²) in [5, 5.41) is 2.41. The van der Waals surface area contributed by atoms with Crippen molar-refractivity contribution in [2.75, 3.05) is 13.1 Å². The van der Waals surface area contributed by atoms with Crippen molar-refractivity contribution in [2.45, 2.75) is 19.4 Å². The molecule has 0 aliphatic carbocycles. The zero-order valence-electron chi connectivity index (χ0n) is 11.8. The number of carbonyl (C=O) groups is 1. The maximum absolute atomic E-state index is 11.8. The summed E-state index contributed by atoms with van der Waals surface area (Å²) in [5.41, 5.74) is 7.37. The Morgan fingerprint density at radius 1 is 1.25 bits per heavy atom. The summed E-state index contributed by atoms with van der Waals surface area (Å²) in [7, 11) is 0. The summed E-state index contributed by atoms with van der Waals surface area (Å²) in [6.07, 6.45) is 0.657. The summed E-state index contributed by atoms with van der Waals surface area (Å²) in [5.74, 6) is 0.681. The van der Waals surface area contributed by atoms with Crippen LogP contribution in [0.2, 0.25) is 0 Å². The molecule has 0 spiro atoms. The molecule has 1 amide bonds. The van der Waals surface area contributed by atoms with Crippen LogP contribution < -0.4 is 5.73 Å². The van der Waals surface area contributed by atoms with E-state index in [0.29, 0.717) is 18.9 Å². The van der Waals surface area contributed by atoms with E-state index in [1.165, 1.54) is 10.8 Å². The second kappa shape index (κ2) is 5.25. The van der Waals surface area contributed by atoms with Gasteiger partial charge in [-0.1, -0.05) is 43.3 Å². The van der Waals surface area contributed by atoms with Crippen LogP contribution in [0.1, 0.15) is 24.9 Å². The third-order valence-electron chi connectivity index (χ3n) is 4.03. The number of benzene rings is 2. The van der Waals surface area contributed by atoms with Gasteiger partial charge in [-0.25, -0.2) is 0 Å². The Hall–Kier alpha value is -1.87. The van der Waals surface area contributed by atoms with Crippen molar-refractivity contribution in [3.8, 4) is 0 Å². The van der Waals surface area contributed by atoms with Crippen molar-refractivity contribution < 1.29 is 4.79 Å². The smallest absolute Gasteiger partial charge is 0.222 e. The van der Waals surface area contributed by atoms with Gasteiger partial charge >= 0.3 is 0 Å². The first-order chi connectivity index (χ1) is 9.63. The molecule has 3 heteroatoms. The van der Waals surface area contributed by atoms with Gasteiger partial charge in [-0.3, -0.25) is 4.79 Å². The zero-order chi connectivity index (χ0) is 14.1. The van der Waals surface area contributed by atoms with E-state index in [2.05, 4.69) is 37.3 Å². The van der Waals surface area contributed by atoms with E-state index in [-0.39, 0.29) is 11.9 Å². The average Bonchev–Trinajstić information content (AvgIpc) is 2.76. The van der Waals surface area contributed by atoms with Crippen LogP contribution in [0.5, 0.6) is 0 Å². The predicted octanol–water partition coefficient (Wildman–Crippen LogP) is 2.71. The Morgan fingerprint density at radius 2 is 2.00 bits per heavy atom. The van der Waals surface area contributed by atoms with Gasteiger partial charge in [0.25, 0.3) is 0 Å². The summed E-state index contributed by atoms with van der Waals surface area (Å²) in [4.78, 5) is 13.7. The first-order valence-electron chi connectivity index (χ1n) is 7.15. The lowest BCUT2D eigenvalue weighted by Gasteiger charge is -2.21.